The Labute approximate surface area is 77.7 Å². The molecule has 0 bridgehead atoms. The van der Waals surface area contributed by atoms with Gasteiger partial charge in [-0.3, -0.25) is 20.0 Å². The van der Waals surface area contributed by atoms with Gasteiger partial charge in [0.1, 0.15) is 0 Å². The zero-order chi connectivity index (χ0) is 10.3. The summed E-state index contributed by atoms with van der Waals surface area (Å²) in [5.41, 5.74) is 2.40. The second-order valence-corrected chi connectivity index (χ2v) is 2.51. The summed E-state index contributed by atoms with van der Waals surface area (Å²) in [5, 5.41) is 9.77. The number of carbonyl (C=O) groups excluding carboxylic acids is 2. The molecule has 5 heteroatoms. The number of hydrazine groups is 1. The summed E-state index contributed by atoms with van der Waals surface area (Å²) in [5.74, 6) is -0.425. The molecule has 0 atom stereocenters. The Morgan fingerprint density at radius 3 is 2.31 bits per heavy atom. The molecule has 5 nitrogen and oxygen atoms in total. The van der Waals surface area contributed by atoms with Crippen LogP contribution in [-0.4, -0.2) is 35.1 Å². The van der Waals surface area contributed by atoms with Crippen molar-refractivity contribution in [2.45, 2.75) is 26.7 Å². The molecule has 0 aliphatic carbocycles. The molecule has 0 aliphatic rings. The average molecular weight is 188 g/mol. The van der Waals surface area contributed by atoms with Gasteiger partial charge in [-0.2, -0.15) is 0 Å². The molecule has 13 heavy (non-hydrogen) atoms. The second kappa shape index (κ2) is 6.42. The van der Waals surface area contributed by atoms with Crippen LogP contribution in [0.2, 0.25) is 0 Å². The van der Waals surface area contributed by atoms with E-state index in [0.717, 1.165) is 5.01 Å². The van der Waals surface area contributed by atoms with Gasteiger partial charge in [-0.1, -0.05) is 13.8 Å². The number of nitrogens with zero attached hydrogens (tertiary/aromatic N) is 1. The third kappa shape index (κ3) is 4.47. The molecular weight excluding hydrogens is 172 g/mol. The molecule has 0 aliphatic heterocycles. The van der Waals surface area contributed by atoms with Crippen LogP contribution in [-0.2, 0) is 9.59 Å². The molecule has 2 N–H and O–H groups in total. The zero-order valence-corrected chi connectivity index (χ0v) is 8.04. The molecule has 0 radical (unpaired) electrons. The van der Waals surface area contributed by atoms with Crippen LogP contribution in [0.5, 0.6) is 0 Å². The lowest BCUT2D eigenvalue weighted by Gasteiger charge is -2.21. The van der Waals surface area contributed by atoms with Crippen LogP contribution < -0.4 is 5.43 Å². The maximum Gasteiger partial charge on any atom is 0.240 e. The number of hydrogen-bond donors (Lipinski definition) is 2. The monoisotopic (exact) mass is 188 g/mol. The third-order valence-electron chi connectivity index (χ3n) is 1.51. The van der Waals surface area contributed by atoms with Gasteiger partial charge in [0.2, 0.25) is 11.8 Å². The third-order valence-corrected chi connectivity index (χ3v) is 1.51. The Kier molecular flexibility index (Phi) is 5.88. The molecule has 0 unspecified atom stereocenters. The summed E-state index contributed by atoms with van der Waals surface area (Å²) < 4.78 is 0. The Bertz CT molecular complexity index is 182. The van der Waals surface area contributed by atoms with Gasteiger partial charge in [-0.15, -0.1) is 0 Å². The predicted octanol–water partition coefficient (Wildman–Crippen LogP) is -0.342. The largest absolute Gasteiger partial charge is 0.394 e. The van der Waals surface area contributed by atoms with E-state index >= 15 is 0 Å². The van der Waals surface area contributed by atoms with Crippen molar-refractivity contribution in [3.63, 3.8) is 0 Å². The Balaban J connectivity index is 4.08. The minimum Gasteiger partial charge on any atom is -0.394 e. The van der Waals surface area contributed by atoms with Crippen molar-refractivity contribution in [2.24, 2.45) is 0 Å². The Morgan fingerprint density at radius 2 is 1.92 bits per heavy atom. The van der Waals surface area contributed by atoms with E-state index in [1.807, 2.05) is 0 Å². The van der Waals surface area contributed by atoms with E-state index in [1.165, 1.54) is 0 Å². The van der Waals surface area contributed by atoms with E-state index < -0.39 is 0 Å². The van der Waals surface area contributed by atoms with Crippen molar-refractivity contribution in [3.8, 4) is 0 Å². The SMILES string of the molecule is CCC(=O)NN(CCO)C(=O)CC. The molecular formula is C8H16N2O3. The lowest BCUT2D eigenvalue weighted by atomic mass is 10.4. The molecule has 2 amide bonds. The van der Waals surface area contributed by atoms with Crippen molar-refractivity contribution in [2.75, 3.05) is 13.2 Å². The molecule has 0 spiro atoms. The summed E-state index contributed by atoms with van der Waals surface area (Å²) in [7, 11) is 0. The van der Waals surface area contributed by atoms with Crippen LogP contribution in [0.1, 0.15) is 26.7 Å². The maximum atomic E-state index is 11.2. The van der Waals surface area contributed by atoms with Crippen LogP contribution in [0, 0.1) is 0 Å². The highest BCUT2D eigenvalue weighted by Crippen LogP contribution is 1.90. The predicted molar refractivity (Wildman–Crippen MR) is 47.5 cm³/mol. The normalized spacial score (nSPS) is 9.46. The van der Waals surface area contributed by atoms with Gasteiger partial charge in [0, 0.05) is 12.8 Å². The first kappa shape index (κ1) is 11.9. The highest BCUT2D eigenvalue weighted by molar-refractivity contribution is 5.81. The molecule has 0 saturated heterocycles. The van der Waals surface area contributed by atoms with Gasteiger partial charge in [0.25, 0.3) is 0 Å². The molecule has 0 rings (SSSR count). The van der Waals surface area contributed by atoms with Crippen molar-refractivity contribution >= 4 is 11.8 Å². The van der Waals surface area contributed by atoms with Crippen molar-refractivity contribution in [1.29, 1.82) is 0 Å². The van der Waals surface area contributed by atoms with Crippen LogP contribution in [0.25, 0.3) is 0 Å². The minimum absolute atomic E-state index is 0.137. The van der Waals surface area contributed by atoms with Gasteiger partial charge in [0.05, 0.1) is 13.2 Å². The first-order valence-corrected chi connectivity index (χ1v) is 4.36. The fourth-order valence-electron chi connectivity index (χ4n) is 0.763. The van der Waals surface area contributed by atoms with Gasteiger partial charge in [-0.25, -0.2) is 0 Å². The van der Waals surface area contributed by atoms with E-state index in [0.29, 0.717) is 12.8 Å². The molecule has 0 heterocycles. The van der Waals surface area contributed by atoms with Crippen molar-refractivity contribution < 1.29 is 14.7 Å². The van der Waals surface area contributed by atoms with Gasteiger partial charge in [0.15, 0.2) is 0 Å². The van der Waals surface area contributed by atoms with Crippen LogP contribution in [0.3, 0.4) is 0 Å². The summed E-state index contributed by atoms with van der Waals surface area (Å²) in [6, 6.07) is 0. The van der Waals surface area contributed by atoms with E-state index in [4.69, 9.17) is 5.11 Å². The fourth-order valence-corrected chi connectivity index (χ4v) is 0.763. The highest BCUT2D eigenvalue weighted by atomic mass is 16.3. The highest BCUT2D eigenvalue weighted by Gasteiger charge is 2.12. The van der Waals surface area contributed by atoms with E-state index in [2.05, 4.69) is 5.43 Å². The Morgan fingerprint density at radius 1 is 1.31 bits per heavy atom. The number of nitrogens with one attached hydrogen (secondary N) is 1. The Hall–Kier alpha value is -1.10. The lowest BCUT2D eigenvalue weighted by molar-refractivity contribution is -0.141. The number of aliphatic hydroxyl groups excluding tert-OH is 1. The molecule has 0 fully saturated rings. The van der Waals surface area contributed by atoms with Crippen molar-refractivity contribution in [1.82, 2.24) is 10.4 Å². The quantitative estimate of drug-likeness (QED) is 0.593. The average Bonchev–Trinajstić information content (AvgIpc) is 2.15. The number of aliphatic hydroxyl groups is 1. The molecule has 0 saturated carbocycles. The lowest BCUT2D eigenvalue weighted by Crippen LogP contribution is -2.47. The van der Waals surface area contributed by atoms with Gasteiger partial charge >= 0.3 is 0 Å². The first-order chi connectivity index (χ1) is 6.15. The molecule has 0 aromatic carbocycles. The van der Waals surface area contributed by atoms with E-state index in [1.54, 1.807) is 13.8 Å². The number of carbonyl (C=O) groups is 2. The van der Waals surface area contributed by atoms with Gasteiger partial charge < -0.3 is 5.11 Å². The van der Waals surface area contributed by atoms with E-state index in [-0.39, 0.29) is 25.0 Å². The topological polar surface area (TPSA) is 69.6 Å². The number of amides is 2. The summed E-state index contributed by atoms with van der Waals surface area (Å²) in [4.78, 5) is 22.1. The minimum atomic E-state index is -0.227. The first-order valence-electron chi connectivity index (χ1n) is 4.36. The molecule has 0 aromatic rings. The summed E-state index contributed by atoms with van der Waals surface area (Å²) >= 11 is 0. The number of rotatable bonds is 4. The fraction of sp³-hybridized carbons (Fsp3) is 0.750. The van der Waals surface area contributed by atoms with Gasteiger partial charge in [-0.05, 0) is 0 Å². The van der Waals surface area contributed by atoms with Crippen molar-refractivity contribution in [3.05, 3.63) is 0 Å². The van der Waals surface area contributed by atoms with Crippen LogP contribution >= 0.6 is 0 Å². The summed E-state index contributed by atoms with van der Waals surface area (Å²) in [6.45, 7) is 3.38. The second-order valence-electron chi connectivity index (χ2n) is 2.51. The standard InChI is InChI=1S/C8H16N2O3/c1-3-7(12)9-10(5-6-11)8(13)4-2/h11H,3-6H2,1-2H3,(H,9,12). The molecule has 76 valence electrons. The zero-order valence-electron chi connectivity index (χ0n) is 8.04. The number of hydrogen-bond acceptors (Lipinski definition) is 3. The maximum absolute atomic E-state index is 11.2. The smallest absolute Gasteiger partial charge is 0.240 e. The summed E-state index contributed by atoms with van der Waals surface area (Å²) in [6.07, 6.45) is 0.628. The van der Waals surface area contributed by atoms with Crippen LogP contribution in [0.15, 0.2) is 0 Å². The van der Waals surface area contributed by atoms with E-state index in [9.17, 15) is 9.59 Å². The van der Waals surface area contributed by atoms with Crippen LogP contribution in [0.4, 0.5) is 0 Å². The molecule has 0 aromatic heterocycles.